The smallest absolute Gasteiger partial charge is 0.274 e. The molecule has 1 aliphatic rings. The average Bonchev–Trinajstić information content (AvgIpc) is 3.37. The second kappa shape index (κ2) is 7.21. The van der Waals surface area contributed by atoms with Crippen LogP contribution in [0.2, 0.25) is 0 Å². The summed E-state index contributed by atoms with van der Waals surface area (Å²) in [5, 5.41) is 8.28. The van der Waals surface area contributed by atoms with Crippen LogP contribution in [0.1, 0.15) is 28.6 Å². The molecule has 0 radical (unpaired) electrons. The molecule has 0 bridgehead atoms. The lowest BCUT2D eigenvalue weighted by Gasteiger charge is -2.15. The Kier molecular flexibility index (Phi) is 4.46. The van der Waals surface area contributed by atoms with Crippen molar-refractivity contribution < 1.29 is 9.53 Å². The molecule has 0 spiro atoms. The van der Waals surface area contributed by atoms with Crippen LogP contribution in [0.3, 0.4) is 0 Å². The van der Waals surface area contributed by atoms with Gasteiger partial charge in [0.1, 0.15) is 18.0 Å². The van der Waals surface area contributed by atoms with Crippen LogP contribution in [0, 0.1) is 0 Å². The van der Waals surface area contributed by atoms with Crippen LogP contribution >= 0.6 is 0 Å². The lowest BCUT2D eigenvalue weighted by atomic mass is 10.3. The topological polar surface area (TPSA) is 112 Å². The van der Waals surface area contributed by atoms with E-state index in [0.717, 1.165) is 6.42 Å². The molecule has 10 heteroatoms. The van der Waals surface area contributed by atoms with E-state index in [-0.39, 0.29) is 18.6 Å². The number of rotatable bonds is 5. The van der Waals surface area contributed by atoms with Crippen molar-refractivity contribution in [2.24, 2.45) is 0 Å². The third kappa shape index (κ3) is 3.48. The van der Waals surface area contributed by atoms with Crippen LogP contribution in [0.5, 0.6) is 5.88 Å². The molecule has 26 heavy (non-hydrogen) atoms. The number of ether oxygens (including phenoxy) is 1. The zero-order chi connectivity index (χ0) is 17.8. The van der Waals surface area contributed by atoms with Gasteiger partial charge < -0.3 is 9.64 Å². The molecule has 132 valence electrons. The monoisotopic (exact) mass is 352 g/mol. The van der Waals surface area contributed by atoms with E-state index in [0.29, 0.717) is 30.4 Å². The van der Waals surface area contributed by atoms with Gasteiger partial charge in [-0.2, -0.15) is 0 Å². The first-order valence-electron chi connectivity index (χ1n) is 8.14. The lowest BCUT2D eigenvalue weighted by molar-refractivity contribution is 0.0780. The van der Waals surface area contributed by atoms with E-state index in [2.05, 4.69) is 30.2 Å². The Balaban J connectivity index is 1.36. The molecule has 1 amide bonds. The number of likely N-dealkylation sites (tertiary alicyclic amines) is 1. The Hall–Kier alpha value is -3.43. The number of hydrogen-bond donors (Lipinski definition) is 0. The number of hydrogen-bond acceptors (Lipinski definition) is 8. The van der Waals surface area contributed by atoms with Gasteiger partial charge >= 0.3 is 0 Å². The minimum Gasteiger partial charge on any atom is -0.470 e. The maximum Gasteiger partial charge on any atom is 0.274 e. The molecule has 1 aliphatic heterocycles. The first-order valence-corrected chi connectivity index (χ1v) is 8.14. The van der Waals surface area contributed by atoms with Gasteiger partial charge in [-0.15, -0.1) is 5.10 Å². The van der Waals surface area contributed by atoms with E-state index >= 15 is 0 Å². The van der Waals surface area contributed by atoms with Crippen molar-refractivity contribution in [3.8, 4) is 5.88 Å². The SMILES string of the molecule is O=C(c1cnccn1)N1CCC(n2cc(COc3cnccn3)nn2)C1. The van der Waals surface area contributed by atoms with E-state index in [9.17, 15) is 4.79 Å². The molecule has 4 rings (SSSR count). The Morgan fingerprint density at radius 1 is 1.15 bits per heavy atom. The van der Waals surface area contributed by atoms with E-state index in [4.69, 9.17) is 4.74 Å². The van der Waals surface area contributed by atoms with Gasteiger partial charge in [0, 0.05) is 37.9 Å². The van der Waals surface area contributed by atoms with Gasteiger partial charge in [0.05, 0.1) is 24.6 Å². The predicted molar refractivity (Wildman–Crippen MR) is 88.0 cm³/mol. The molecule has 1 saturated heterocycles. The summed E-state index contributed by atoms with van der Waals surface area (Å²) < 4.78 is 7.29. The average molecular weight is 352 g/mol. The molecule has 0 aliphatic carbocycles. The Bertz CT molecular complexity index is 870. The number of aromatic nitrogens is 7. The quantitative estimate of drug-likeness (QED) is 0.653. The normalized spacial score (nSPS) is 16.6. The van der Waals surface area contributed by atoms with Crippen molar-refractivity contribution in [1.82, 2.24) is 39.8 Å². The maximum absolute atomic E-state index is 12.4. The molecular formula is C16H16N8O2. The molecule has 1 unspecified atom stereocenters. The van der Waals surface area contributed by atoms with Crippen molar-refractivity contribution in [2.75, 3.05) is 13.1 Å². The van der Waals surface area contributed by atoms with Gasteiger partial charge in [0.2, 0.25) is 5.88 Å². The highest BCUT2D eigenvalue weighted by Gasteiger charge is 2.29. The van der Waals surface area contributed by atoms with Gasteiger partial charge in [-0.25, -0.2) is 14.6 Å². The summed E-state index contributed by atoms with van der Waals surface area (Å²) in [6.45, 7) is 1.46. The molecule has 10 nitrogen and oxygen atoms in total. The van der Waals surface area contributed by atoms with Crippen LogP contribution in [0.25, 0.3) is 0 Å². The van der Waals surface area contributed by atoms with Gasteiger partial charge in [-0.3, -0.25) is 14.8 Å². The van der Waals surface area contributed by atoms with E-state index in [1.807, 2.05) is 6.20 Å². The molecule has 1 atom stereocenters. The summed E-state index contributed by atoms with van der Waals surface area (Å²) in [4.78, 5) is 30.2. The third-order valence-electron chi connectivity index (χ3n) is 4.07. The van der Waals surface area contributed by atoms with Crippen molar-refractivity contribution >= 4 is 5.91 Å². The second-order valence-electron chi connectivity index (χ2n) is 5.81. The summed E-state index contributed by atoms with van der Waals surface area (Å²) in [5.41, 5.74) is 1.04. The lowest BCUT2D eigenvalue weighted by Crippen LogP contribution is -2.30. The van der Waals surface area contributed by atoms with Crippen LogP contribution in [0.15, 0.2) is 43.4 Å². The van der Waals surface area contributed by atoms with Crippen molar-refractivity contribution in [3.63, 3.8) is 0 Å². The Morgan fingerprint density at radius 2 is 2.00 bits per heavy atom. The van der Waals surface area contributed by atoms with E-state index in [1.54, 1.807) is 28.2 Å². The highest BCUT2D eigenvalue weighted by molar-refractivity contribution is 5.92. The molecule has 3 aromatic rings. The Labute approximate surface area is 148 Å². The first-order chi connectivity index (χ1) is 12.8. The van der Waals surface area contributed by atoms with Gasteiger partial charge in [-0.1, -0.05) is 5.21 Å². The number of carbonyl (C=O) groups excluding carboxylic acids is 1. The van der Waals surface area contributed by atoms with Crippen LogP contribution in [-0.4, -0.2) is 58.8 Å². The summed E-state index contributed by atoms with van der Waals surface area (Å²) in [6, 6.07) is 0.0772. The summed E-state index contributed by atoms with van der Waals surface area (Å²) in [7, 11) is 0. The van der Waals surface area contributed by atoms with Crippen LogP contribution in [-0.2, 0) is 6.61 Å². The first kappa shape index (κ1) is 16.1. The fourth-order valence-corrected chi connectivity index (χ4v) is 2.78. The van der Waals surface area contributed by atoms with E-state index < -0.39 is 0 Å². The van der Waals surface area contributed by atoms with Crippen molar-refractivity contribution in [3.05, 3.63) is 54.8 Å². The maximum atomic E-state index is 12.4. The molecule has 3 aromatic heterocycles. The third-order valence-corrected chi connectivity index (χ3v) is 4.07. The molecular weight excluding hydrogens is 336 g/mol. The number of nitrogens with zero attached hydrogens (tertiary/aromatic N) is 8. The number of carbonyl (C=O) groups is 1. The summed E-state index contributed by atoms with van der Waals surface area (Å²) >= 11 is 0. The largest absolute Gasteiger partial charge is 0.470 e. The fraction of sp³-hybridized carbons (Fsp3) is 0.312. The second-order valence-corrected chi connectivity index (χ2v) is 5.81. The molecule has 0 N–H and O–H groups in total. The highest BCUT2D eigenvalue weighted by Crippen LogP contribution is 2.22. The highest BCUT2D eigenvalue weighted by atomic mass is 16.5. The van der Waals surface area contributed by atoms with Crippen molar-refractivity contribution in [1.29, 1.82) is 0 Å². The molecule has 0 saturated carbocycles. The summed E-state index contributed by atoms with van der Waals surface area (Å²) in [5.74, 6) is 0.315. The molecule has 0 aromatic carbocycles. The number of amides is 1. The summed E-state index contributed by atoms with van der Waals surface area (Å²) in [6.07, 6.45) is 11.9. The predicted octanol–water partition coefficient (Wildman–Crippen LogP) is 0.524. The zero-order valence-electron chi connectivity index (χ0n) is 13.8. The van der Waals surface area contributed by atoms with Crippen LogP contribution < -0.4 is 4.74 Å². The Morgan fingerprint density at radius 3 is 2.77 bits per heavy atom. The minimum atomic E-state index is -0.119. The molecule has 4 heterocycles. The standard InChI is InChI=1S/C16H16N8O2/c25-16(14-7-17-2-4-19-14)23-6-1-13(10-23)24-9-12(21-22-24)11-26-15-8-18-3-5-20-15/h2-5,7-9,13H,1,6,10-11H2. The zero-order valence-corrected chi connectivity index (χ0v) is 13.8. The van der Waals surface area contributed by atoms with Gasteiger partial charge in [-0.05, 0) is 6.42 Å². The minimum absolute atomic E-state index is 0.0772. The van der Waals surface area contributed by atoms with Crippen LogP contribution in [0.4, 0.5) is 0 Å². The van der Waals surface area contributed by atoms with Gasteiger partial charge in [0.25, 0.3) is 5.91 Å². The van der Waals surface area contributed by atoms with Gasteiger partial charge in [0.15, 0.2) is 0 Å². The fourth-order valence-electron chi connectivity index (χ4n) is 2.78. The van der Waals surface area contributed by atoms with Crippen molar-refractivity contribution in [2.45, 2.75) is 19.1 Å². The van der Waals surface area contributed by atoms with E-state index in [1.165, 1.54) is 18.6 Å². The molecule has 1 fully saturated rings.